The SMILES string of the molecule is Cc1cc(CNC2CC2)ccc1N1CCC(C)C1CO. The van der Waals surface area contributed by atoms with Crippen molar-refractivity contribution in [3.05, 3.63) is 29.3 Å². The summed E-state index contributed by atoms with van der Waals surface area (Å²) in [6.07, 6.45) is 3.84. The number of aliphatic hydroxyl groups is 1. The van der Waals surface area contributed by atoms with E-state index in [2.05, 4.69) is 42.3 Å². The van der Waals surface area contributed by atoms with E-state index < -0.39 is 0 Å². The Morgan fingerprint density at radius 2 is 2.10 bits per heavy atom. The molecule has 3 rings (SSSR count). The van der Waals surface area contributed by atoms with Gasteiger partial charge in [0, 0.05) is 24.8 Å². The first-order valence-electron chi connectivity index (χ1n) is 7.89. The molecule has 1 aliphatic heterocycles. The number of anilines is 1. The third-order valence-electron chi connectivity index (χ3n) is 4.81. The van der Waals surface area contributed by atoms with Crippen molar-refractivity contribution < 1.29 is 5.11 Å². The maximum Gasteiger partial charge on any atom is 0.0637 e. The van der Waals surface area contributed by atoms with Gasteiger partial charge < -0.3 is 15.3 Å². The molecule has 20 heavy (non-hydrogen) atoms. The largest absolute Gasteiger partial charge is 0.394 e. The zero-order valence-corrected chi connectivity index (χ0v) is 12.6. The second-order valence-corrected chi connectivity index (χ2v) is 6.49. The zero-order valence-electron chi connectivity index (χ0n) is 12.6. The molecule has 3 heteroatoms. The van der Waals surface area contributed by atoms with Crippen molar-refractivity contribution in [1.82, 2.24) is 5.32 Å². The summed E-state index contributed by atoms with van der Waals surface area (Å²) in [5, 5.41) is 13.2. The van der Waals surface area contributed by atoms with Crippen LogP contribution in [0.2, 0.25) is 0 Å². The zero-order chi connectivity index (χ0) is 14.1. The minimum absolute atomic E-state index is 0.256. The molecule has 1 aliphatic carbocycles. The van der Waals surface area contributed by atoms with Gasteiger partial charge in [0.2, 0.25) is 0 Å². The van der Waals surface area contributed by atoms with Crippen LogP contribution in [-0.2, 0) is 6.54 Å². The number of nitrogens with one attached hydrogen (secondary N) is 1. The molecule has 0 spiro atoms. The maximum atomic E-state index is 9.61. The van der Waals surface area contributed by atoms with E-state index in [1.807, 2.05) is 0 Å². The molecule has 1 saturated heterocycles. The van der Waals surface area contributed by atoms with E-state index in [-0.39, 0.29) is 12.6 Å². The highest BCUT2D eigenvalue weighted by atomic mass is 16.3. The molecule has 1 saturated carbocycles. The van der Waals surface area contributed by atoms with Crippen LogP contribution in [0.1, 0.15) is 37.3 Å². The van der Waals surface area contributed by atoms with E-state index in [9.17, 15) is 5.11 Å². The summed E-state index contributed by atoms with van der Waals surface area (Å²) in [6.45, 7) is 6.72. The Balaban J connectivity index is 1.72. The van der Waals surface area contributed by atoms with Gasteiger partial charge >= 0.3 is 0 Å². The van der Waals surface area contributed by atoms with Crippen molar-refractivity contribution >= 4 is 5.69 Å². The molecular formula is C17H26N2O. The number of hydrogen-bond acceptors (Lipinski definition) is 3. The van der Waals surface area contributed by atoms with Crippen LogP contribution < -0.4 is 10.2 Å². The summed E-state index contributed by atoms with van der Waals surface area (Å²) in [5.41, 5.74) is 3.99. The molecule has 110 valence electrons. The van der Waals surface area contributed by atoms with Crippen molar-refractivity contribution in [2.75, 3.05) is 18.1 Å². The van der Waals surface area contributed by atoms with Gasteiger partial charge in [0.1, 0.15) is 0 Å². The minimum atomic E-state index is 0.256. The van der Waals surface area contributed by atoms with Crippen molar-refractivity contribution in [2.45, 2.75) is 51.7 Å². The lowest BCUT2D eigenvalue weighted by Crippen LogP contribution is -2.35. The van der Waals surface area contributed by atoms with Crippen LogP contribution >= 0.6 is 0 Å². The maximum absolute atomic E-state index is 9.61. The van der Waals surface area contributed by atoms with Gasteiger partial charge in [-0.1, -0.05) is 19.1 Å². The summed E-state index contributed by atoms with van der Waals surface area (Å²) in [6, 6.07) is 7.80. The predicted octanol–water partition coefficient (Wildman–Crippen LogP) is 2.45. The van der Waals surface area contributed by atoms with Gasteiger partial charge in [-0.05, 0) is 49.3 Å². The van der Waals surface area contributed by atoms with Crippen LogP contribution in [-0.4, -0.2) is 30.3 Å². The average molecular weight is 274 g/mol. The van der Waals surface area contributed by atoms with Crippen molar-refractivity contribution in [3.8, 4) is 0 Å². The highest BCUT2D eigenvalue weighted by Gasteiger charge is 2.31. The standard InChI is InChI=1S/C17H26N2O/c1-12-7-8-19(17(12)11-20)16-6-3-14(9-13(16)2)10-18-15-4-5-15/h3,6,9,12,15,17-18,20H,4-5,7-8,10-11H2,1-2H3. The molecule has 2 N–H and O–H groups in total. The molecule has 1 aromatic carbocycles. The Hall–Kier alpha value is -1.06. The molecule has 2 fully saturated rings. The Morgan fingerprint density at radius 1 is 1.30 bits per heavy atom. The smallest absolute Gasteiger partial charge is 0.0637 e. The fourth-order valence-corrected chi connectivity index (χ4v) is 3.29. The minimum Gasteiger partial charge on any atom is -0.394 e. The number of aryl methyl sites for hydroxylation is 1. The van der Waals surface area contributed by atoms with E-state index in [1.165, 1.54) is 36.1 Å². The topological polar surface area (TPSA) is 35.5 Å². The van der Waals surface area contributed by atoms with E-state index in [4.69, 9.17) is 0 Å². The fourth-order valence-electron chi connectivity index (χ4n) is 3.29. The molecule has 2 unspecified atom stereocenters. The van der Waals surface area contributed by atoms with Crippen LogP contribution in [0.15, 0.2) is 18.2 Å². The molecule has 0 amide bonds. The molecule has 3 nitrogen and oxygen atoms in total. The van der Waals surface area contributed by atoms with E-state index in [0.717, 1.165) is 19.1 Å². The molecule has 0 bridgehead atoms. The Kier molecular flexibility index (Phi) is 3.99. The fraction of sp³-hybridized carbons (Fsp3) is 0.647. The summed E-state index contributed by atoms with van der Waals surface area (Å²) < 4.78 is 0. The lowest BCUT2D eigenvalue weighted by atomic mass is 10.0. The van der Waals surface area contributed by atoms with Crippen LogP contribution in [0.25, 0.3) is 0 Å². The van der Waals surface area contributed by atoms with Crippen LogP contribution in [0.3, 0.4) is 0 Å². The van der Waals surface area contributed by atoms with Crippen LogP contribution in [0, 0.1) is 12.8 Å². The lowest BCUT2D eigenvalue weighted by molar-refractivity contribution is 0.244. The van der Waals surface area contributed by atoms with Crippen LogP contribution in [0.5, 0.6) is 0 Å². The Labute approximate surface area is 122 Å². The molecule has 0 radical (unpaired) electrons. The lowest BCUT2D eigenvalue weighted by Gasteiger charge is -2.29. The van der Waals surface area contributed by atoms with Crippen molar-refractivity contribution in [3.63, 3.8) is 0 Å². The first-order valence-corrected chi connectivity index (χ1v) is 7.89. The molecule has 1 aromatic rings. The summed E-state index contributed by atoms with van der Waals surface area (Å²) >= 11 is 0. The molecule has 1 heterocycles. The summed E-state index contributed by atoms with van der Waals surface area (Å²) in [5.74, 6) is 0.579. The van der Waals surface area contributed by atoms with E-state index in [0.29, 0.717) is 5.92 Å². The number of aliphatic hydroxyl groups excluding tert-OH is 1. The number of hydrogen-bond donors (Lipinski definition) is 2. The van der Waals surface area contributed by atoms with Crippen molar-refractivity contribution in [1.29, 1.82) is 0 Å². The van der Waals surface area contributed by atoms with Gasteiger partial charge in [0.05, 0.1) is 12.6 Å². The highest BCUT2D eigenvalue weighted by Crippen LogP contribution is 2.32. The van der Waals surface area contributed by atoms with E-state index in [1.54, 1.807) is 0 Å². The second-order valence-electron chi connectivity index (χ2n) is 6.49. The number of rotatable bonds is 5. The van der Waals surface area contributed by atoms with Gasteiger partial charge in [-0.2, -0.15) is 0 Å². The highest BCUT2D eigenvalue weighted by molar-refractivity contribution is 5.56. The molecule has 2 aliphatic rings. The third kappa shape index (κ3) is 2.84. The third-order valence-corrected chi connectivity index (χ3v) is 4.81. The molecular weight excluding hydrogens is 248 g/mol. The van der Waals surface area contributed by atoms with Crippen molar-refractivity contribution in [2.24, 2.45) is 5.92 Å². The summed E-state index contributed by atoms with van der Waals surface area (Å²) in [4.78, 5) is 2.39. The molecule has 2 atom stereocenters. The van der Waals surface area contributed by atoms with Gasteiger partial charge in [-0.3, -0.25) is 0 Å². The van der Waals surface area contributed by atoms with Crippen LogP contribution in [0.4, 0.5) is 5.69 Å². The van der Waals surface area contributed by atoms with E-state index >= 15 is 0 Å². The van der Waals surface area contributed by atoms with Gasteiger partial charge in [-0.25, -0.2) is 0 Å². The number of nitrogens with zero attached hydrogens (tertiary/aromatic N) is 1. The Morgan fingerprint density at radius 3 is 2.75 bits per heavy atom. The first-order chi connectivity index (χ1) is 9.69. The Bertz CT molecular complexity index is 470. The number of benzene rings is 1. The average Bonchev–Trinajstić information content (AvgIpc) is 3.19. The second kappa shape index (κ2) is 5.74. The molecule has 0 aromatic heterocycles. The van der Waals surface area contributed by atoms with Gasteiger partial charge in [-0.15, -0.1) is 0 Å². The van der Waals surface area contributed by atoms with Gasteiger partial charge in [0.15, 0.2) is 0 Å². The summed E-state index contributed by atoms with van der Waals surface area (Å²) in [7, 11) is 0. The first kappa shape index (κ1) is 13.9. The predicted molar refractivity (Wildman–Crippen MR) is 83.0 cm³/mol. The monoisotopic (exact) mass is 274 g/mol. The quantitative estimate of drug-likeness (QED) is 0.866. The van der Waals surface area contributed by atoms with Gasteiger partial charge in [0.25, 0.3) is 0 Å². The normalized spacial score (nSPS) is 26.2.